The molecule has 2 heterocycles. The monoisotopic (exact) mass is 526 g/mol. The predicted octanol–water partition coefficient (Wildman–Crippen LogP) is 6.44. The van der Waals surface area contributed by atoms with E-state index in [2.05, 4.69) is 15.0 Å². The van der Waals surface area contributed by atoms with Crippen LogP contribution in [0.3, 0.4) is 0 Å². The van der Waals surface area contributed by atoms with Crippen LogP contribution in [-0.4, -0.2) is 27.1 Å². The standard InChI is InChI=1S/C28H29ClF2N4O2/c1-15-7-8-19(25-16(2)12-32-27(34-25)28(5,6)36)11-23(15)35-13-21(29)26(33-18(35)4)37-14-20-9-10-22(30)17(3)24(20)31/h7-13,18,36H,14H2,1-6H3. The Morgan fingerprint density at radius 3 is 2.54 bits per heavy atom. The highest BCUT2D eigenvalue weighted by Crippen LogP contribution is 2.33. The Bertz CT molecular complexity index is 1420. The highest BCUT2D eigenvalue weighted by atomic mass is 35.5. The van der Waals surface area contributed by atoms with Crippen molar-refractivity contribution in [2.45, 2.75) is 59.9 Å². The summed E-state index contributed by atoms with van der Waals surface area (Å²) in [7, 11) is 0. The van der Waals surface area contributed by atoms with E-state index in [0.717, 1.165) is 28.1 Å². The molecular weight excluding hydrogens is 498 g/mol. The molecule has 6 nitrogen and oxygen atoms in total. The number of anilines is 1. The minimum Gasteiger partial charge on any atom is -0.472 e. The van der Waals surface area contributed by atoms with Gasteiger partial charge in [0.05, 0.1) is 5.69 Å². The van der Waals surface area contributed by atoms with E-state index in [1.807, 2.05) is 43.9 Å². The van der Waals surface area contributed by atoms with Gasteiger partial charge in [0.1, 0.15) is 35.0 Å². The molecule has 4 rings (SSSR count). The van der Waals surface area contributed by atoms with Gasteiger partial charge in [-0.3, -0.25) is 0 Å². The molecule has 1 atom stereocenters. The van der Waals surface area contributed by atoms with Crippen molar-refractivity contribution in [2.75, 3.05) is 4.90 Å². The van der Waals surface area contributed by atoms with Gasteiger partial charge < -0.3 is 14.7 Å². The number of benzene rings is 2. The molecule has 1 aliphatic rings. The van der Waals surface area contributed by atoms with E-state index >= 15 is 0 Å². The minimum absolute atomic E-state index is 0.0585. The number of aliphatic hydroxyl groups is 1. The Morgan fingerprint density at radius 2 is 1.84 bits per heavy atom. The SMILES string of the molecule is Cc1ccc(-c2nc(C(C)(C)O)ncc2C)cc1N1C=C(Cl)C(OCc2ccc(F)c(C)c2F)=NC1C. The lowest BCUT2D eigenvalue weighted by Gasteiger charge is -2.31. The average Bonchev–Trinajstić information content (AvgIpc) is 2.84. The van der Waals surface area contributed by atoms with Crippen LogP contribution in [0.1, 0.15) is 48.8 Å². The second-order valence-corrected chi connectivity index (χ2v) is 10.1. The largest absolute Gasteiger partial charge is 0.472 e. The molecule has 9 heteroatoms. The summed E-state index contributed by atoms with van der Waals surface area (Å²) in [6.07, 6.45) is 3.06. The summed E-state index contributed by atoms with van der Waals surface area (Å²) in [6.45, 7) is 10.3. The molecular formula is C28H29ClF2N4O2. The maximum absolute atomic E-state index is 14.4. The van der Waals surface area contributed by atoms with Crippen LogP contribution in [0.4, 0.5) is 14.5 Å². The van der Waals surface area contributed by atoms with Gasteiger partial charge in [-0.25, -0.2) is 23.7 Å². The smallest absolute Gasteiger partial charge is 0.231 e. The van der Waals surface area contributed by atoms with Gasteiger partial charge in [-0.2, -0.15) is 0 Å². The molecule has 0 bridgehead atoms. The zero-order valence-corrected chi connectivity index (χ0v) is 22.4. The highest BCUT2D eigenvalue weighted by Gasteiger charge is 2.25. The van der Waals surface area contributed by atoms with E-state index in [1.165, 1.54) is 19.1 Å². The Balaban J connectivity index is 1.61. The number of halogens is 3. The minimum atomic E-state index is -1.17. The van der Waals surface area contributed by atoms with Crippen LogP contribution in [0.15, 0.2) is 52.8 Å². The van der Waals surface area contributed by atoms with Gasteiger partial charge in [0, 0.05) is 34.8 Å². The first-order chi connectivity index (χ1) is 17.4. The van der Waals surface area contributed by atoms with Crippen LogP contribution in [0.2, 0.25) is 0 Å². The van der Waals surface area contributed by atoms with Crippen LogP contribution in [0, 0.1) is 32.4 Å². The van der Waals surface area contributed by atoms with Crippen molar-refractivity contribution in [3.63, 3.8) is 0 Å². The van der Waals surface area contributed by atoms with Crippen LogP contribution in [0.25, 0.3) is 11.3 Å². The number of rotatable bonds is 5. The number of aliphatic imine (C=N–C) groups is 1. The third-order valence-corrected chi connectivity index (χ3v) is 6.47. The molecule has 1 aromatic heterocycles. The molecule has 37 heavy (non-hydrogen) atoms. The fraction of sp³-hybridized carbons (Fsp3) is 0.321. The number of nitrogens with zero attached hydrogens (tertiary/aromatic N) is 4. The molecule has 0 saturated heterocycles. The zero-order chi connectivity index (χ0) is 27.1. The van der Waals surface area contributed by atoms with Crippen molar-refractivity contribution in [1.29, 1.82) is 0 Å². The van der Waals surface area contributed by atoms with Gasteiger partial charge in [-0.05, 0) is 70.9 Å². The number of aromatic nitrogens is 2. The first-order valence-corrected chi connectivity index (χ1v) is 12.2. The summed E-state index contributed by atoms with van der Waals surface area (Å²) < 4.78 is 33.7. The van der Waals surface area contributed by atoms with Gasteiger partial charge in [-0.15, -0.1) is 0 Å². The summed E-state index contributed by atoms with van der Waals surface area (Å²) >= 11 is 6.52. The first kappa shape index (κ1) is 26.7. The fourth-order valence-electron chi connectivity index (χ4n) is 3.99. The van der Waals surface area contributed by atoms with Gasteiger partial charge in [0.15, 0.2) is 5.82 Å². The van der Waals surface area contributed by atoms with Crippen LogP contribution < -0.4 is 4.90 Å². The van der Waals surface area contributed by atoms with Crippen LogP contribution in [-0.2, 0) is 16.9 Å². The van der Waals surface area contributed by atoms with Crippen LogP contribution >= 0.6 is 11.6 Å². The second kappa shape index (κ2) is 10.2. The van der Waals surface area contributed by atoms with E-state index in [9.17, 15) is 13.9 Å². The molecule has 3 aromatic rings. The number of aryl methyl sites for hydroxylation is 2. The van der Waals surface area contributed by atoms with E-state index in [1.54, 1.807) is 26.2 Å². The van der Waals surface area contributed by atoms with Gasteiger partial charge >= 0.3 is 0 Å². The highest BCUT2D eigenvalue weighted by molar-refractivity contribution is 6.42. The van der Waals surface area contributed by atoms with Gasteiger partial charge in [0.2, 0.25) is 5.90 Å². The number of ether oxygens (including phenoxy) is 1. The summed E-state index contributed by atoms with van der Waals surface area (Å²) in [5.74, 6) is -0.735. The van der Waals surface area contributed by atoms with Gasteiger partial charge in [0.25, 0.3) is 0 Å². The van der Waals surface area contributed by atoms with Crippen molar-refractivity contribution in [3.8, 4) is 11.3 Å². The van der Waals surface area contributed by atoms with E-state index in [4.69, 9.17) is 16.3 Å². The first-order valence-electron chi connectivity index (χ1n) is 11.8. The molecule has 1 unspecified atom stereocenters. The molecule has 0 fully saturated rings. The Hall–Kier alpha value is -3.36. The van der Waals surface area contributed by atoms with E-state index in [0.29, 0.717) is 5.82 Å². The lowest BCUT2D eigenvalue weighted by Crippen LogP contribution is -2.32. The molecule has 194 valence electrons. The molecule has 0 saturated carbocycles. The summed E-state index contributed by atoms with van der Waals surface area (Å²) in [5.41, 5.74) is 3.30. The molecule has 1 N–H and O–H groups in total. The van der Waals surface area contributed by atoms with Gasteiger partial charge in [-0.1, -0.05) is 23.7 Å². The third-order valence-electron chi connectivity index (χ3n) is 6.21. The second-order valence-electron chi connectivity index (χ2n) is 9.67. The fourth-order valence-corrected chi connectivity index (χ4v) is 4.20. The molecule has 2 aromatic carbocycles. The number of hydrogen-bond donors (Lipinski definition) is 1. The summed E-state index contributed by atoms with van der Waals surface area (Å²) in [6, 6.07) is 8.51. The van der Waals surface area contributed by atoms with Crippen molar-refractivity contribution in [1.82, 2.24) is 9.97 Å². The zero-order valence-electron chi connectivity index (χ0n) is 21.6. The van der Waals surface area contributed by atoms with Crippen molar-refractivity contribution < 1.29 is 18.6 Å². The lowest BCUT2D eigenvalue weighted by atomic mass is 10.0. The summed E-state index contributed by atoms with van der Waals surface area (Å²) in [4.78, 5) is 15.4. The molecule has 0 spiro atoms. The predicted molar refractivity (Wildman–Crippen MR) is 141 cm³/mol. The molecule has 0 aliphatic carbocycles. The van der Waals surface area contributed by atoms with Crippen molar-refractivity contribution >= 4 is 23.2 Å². The Labute approximate surface area is 220 Å². The molecule has 0 radical (unpaired) electrons. The van der Waals surface area contributed by atoms with Crippen molar-refractivity contribution in [3.05, 3.63) is 87.5 Å². The van der Waals surface area contributed by atoms with E-state index in [-0.39, 0.29) is 34.8 Å². The lowest BCUT2D eigenvalue weighted by molar-refractivity contribution is 0.0688. The van der Waals surface area contributed by atoms with E-state index < -0.39 is 17.2 Å². The third kappa shape index (κ3) is 5.50. The molecule has 0 amide bonds. The normalized spacial score (nSPS) is 15.9. The van der Waals surface area contributed by atoms with Crippen LogP contribution in [0.5, 0.6) is 0 Å². The van der Waals surface area contributed by atoms with Crippen molar-refractivity contribution in [2.24, 2.45) is 4.99 Å². The maximum atomic E-state index is 14.4. The Morgan fingerprint density at radius 1 is 1.11 bits per heavy atom. The summed E-state index contributed by atoms with van der Waals surface area (Å²) in [5, 5.41) is 10.6. The average molecular weight is 527 g/mol. The molecule has 1 aliphatic heterocycles. The topological polar surface area (TPSA) is 70.8 Å². The Kier molecular flexibility index (Phi) is 7.35. The number of hydrogen-bond acceptors (Lipinski definition) is 6. The quantitative estimate of drug-likeness (QED) is 0.414. The maximum Gasteiger partial charge on any atom is 0.231 e.